The molecule has 0 aliphatic carbocycles. The molecule has 1 unspecified atom stereocenters. The molecule has 0 radical (unpaired) electrons. The predicted molar refractivity (Wildman–Crippen MR) is 132 cm³/mol. The van der Waals surface area contributed by atoms with Gasteiger partial charge >= 0.3 is 0 Å². The van der Waals surface area contributed by atoms with E-state index in [9.17, 15) is 0 Å². The number of aromatic nitrogens is 3. The summed E-state index contributed by atoms with van der Waals surface area (Å²) in [5.41, 5.74) is 3.82. The Labute approximate surface area is 201 Å². The summed E-state index contributed by atoms with van der Waals surface area (Å²) in [4.78, 5) is 14.9. The van der Waals surface area contributed by atoms with Crippen LogP contribution < -0.4 is 20.1 Å². The highest BCUT2D eigenvalue weighted by molar-refractivity contribution is 7.11. The molecule has 5 rings (SSSR count). The van der Waals surface area contributed by atoms with Crippen LogP contribution in [-0.2, 0) is 19.6 Å². The van der Waals surface area contributed by atoms with E-state index in [1.54, 1.807) is 18.4 Å². The molecule has 4 aromatic rings. The minimum Gasteiger partial charge on any atom is -0.493 e. The lowest BCUT2D eigenvalue weighted by atomic mass is 10.1. The Morgan fingerprint density at radius 1 is 1.21 bits per heavy atom. The van der Waals surface area contributed by atoms with E-state index in [1.165, 1.54) is 16.9 Å². The molecule has 2 N–H and O–H groups in total. The van der Waals surface area contributed by atoms with Crippen LogP contribution >= 0.6 is 22.9 Å². The number of ether oxygens (including phenoxy) is 2. The van der Waals surface area contributed by atoms with Gasteiger partial charge in [0.25, 0.3) is 0 Å². The smallest absolute Gasteiger partial charge is 0.163 e. The summed E-state index contributed by atoms with van der Waals surface area (Å²) in [6.45, 7) is 5.40. The Hall–Kier alpha value is -2.94. The summed E-state index contributed by atoms with van der Waals surface area (Å²) in [6, 6.07) is 9.99. The lowest BCUT2D eigenvalue weighted by Crippen LogP contribution is -2.32. The van der Waals surface area contributed by atoms with Crippen LogP contribution in [0, 0.1) is 6.92 Å². The van der Waals surface area contributed by atoms with Crippen LogP contribution in [0.15, 0.2) is 36.7 Å². The second-order valence-corrected chi connectivity index (χ2v) is 9.66. The second-order valence-electron chi connectivity index (χ2n) is 8.08. The van der Waals surface area contributed by atoms with E-state index in [0.29, 0.717) is 30.0 Å². The molecule has 9 heteroatoms. The molecule has 0 amide bonds. The lowest BCUT2D eigenvalue weighted by molar-refractivity contribution is 0.284. The van der Waals surface area contributed by atoms with E-state index >= 15 is 0 Å². The third-order valence-corrected chi connectivity index (χ3v) is 7.12. The Morgan fingerprint density at radius 2 is 2.09 bits per heavy atom. The van der Waals surface area contributed by atoms with Gasteiger partial charge in [0.2, 0.25) is 0 Å². The van der Waals surface area contributed by atoms with Crippen LogP contribution in [0.4, 0.5) is 11.5 Å². The van der Waals surface area contributed by atoms with Gasteiger partial charge in [-0.2, -0.15) is 0 Å². The number of thiazole rings is 1. The van der Waals surface area contributed by atoms with E-state index in [1.807, 2.05) is 37.3 Å². The number of hydrogen-bond acceptors (Lipinski definition) is 8. The summed E-state index contributed by atoms with van der Waals surface area (Å²) < 4.78 is 11.7. The summed E-state index contributed by atoms with van der Waals surface area (Å²) in [5.74, 6) is 1.92. The molecule has 0 spiro atoms. The standard InChI is InChI=1S/C24H24ClN5O2S/c1-13-6-15(4-5-17(13)25)29-24-16-8-20(31-3)21(9-18(16)27-12-28-24)32-11-23-30-19-7-14(2)26-10-22(19)33-23/h4-6,8-9,12,14,26H,7,10-11H2,1-3H3,(H,27,28,29). The zero-order valence-electron chi connectivity index (χ0n) is 18.6. The van der Waals surface area contributed by atoms with Gasteiger partial charge < -0.3 is 20.1 Å². The molecule has 170 valence electrons. The fraction of sp³-hybridized carbons (Fsp3) is 0.292. The summed E-state index contributed by atoms with van der Waals surface area (Å²) in [6.07, 6.45) is 2.48. The highest BCUT2D eigenvalue weighted by Crippen LogP contribution is 2.36. The summed E-state index contributed by atoms with van der Waals surface area (Å²) >= 11 is 7.85. The van der Waals surface area contributed by atoms with Crippen molar-refractivity contribution in [3.05, 3.63) is 62.8 Å². The van der Waals surface area contributed by atoms with Crippen molar-refractivity contribution in [2.45, 2.75) is 39.5 Å². The Kier molecular flexibility index (Phi) is 6.05. The molecular weight excluding hydrogens is 458 g/mol. The topological polar surface area (TPSA) is 81.2 Å². The van der Waals surface area contributed by atoms with Crippen LogP contribution in [0.2, 0.25) is 5.02 Å². The van der Waals surface area contributed by atoms with Crippen LogP contribution in [0.25, 0.3) is 10.9 Å². The summed E-state index contributed by atoms with van der Waals surface area (Å²) in [7, 11) is 1.63. The molecule has 0 fully saturated rings. The minimum absolute atomic E-state index is 0.383. The largest absolute Gasteiger partial charge is 0.493 e. The van der Waals surface area contributed by atoms with Gasteiger partial charge in [-0.05, 0) is 43.7 Å². The highest BCUT2D eigenvalue weighted by Gasteiger charge is 2.20. The number of rotatable bonds is 6. The first-order valence-electron chi connectivity index (χ1n) is 10.7. The van der Waals surface area contributed by atoms with Gasteiger partial charge in [0.15, 0.2) is 11.5 Å². The van der Waals surface area contributed by atoms with Gasteiger partial charge in [0, 0.05) is 46.0 Å². The van der Waals surface area contributed by atoms with Gasteiger partial charge in [-0.3, -0.25) is 0 Å². The molecule has 0 saturated heterocycles. The van der Waals surface area contributed by atoms with Gasteiger partial charge in [0.1, 0.15) is 23.8 Å². The summed E-state index contributed by atoms with van der Waals surface area (Å²) in [5, 5.41) is 9.35. The number of halogens is 1. The number of nitrogens with one attached hydrogen (secondary N) is 2. The van der Waals surface area contributed by atoms with Crippen LogP contribution in [0.3, 0.4) is 0 Å². The van der Waals surface area contributed by atoms with Gasteiger partial charge in [-0.1, -0.05) is 11.6 Å². The first-order valence-corrected chi connectivity index (χ1v) is 11.9. The first-order chi connectivity index (χ1) is 16.0. The van der Waals surface area contributed by atoms with Gasteiger partial charge in [-0.25, -0.2) is 15.0 Å². The molecule has 0 bridgehead atoms. The maximum absolute atomic E-state index is 6.15. The van der Waals surface area contributed by atoms with Crippen LogP contribution in [-0.4, -0.2) is 28.1 Å². The normalized spacial score (nSPS) is 15.3. The van der Waals surface area contributed by atoms with Crippen molar-refractivity contribution in [2.24, 2.45) is 0 Å². The van der Waals surface area contributed by atoms with Crippen LogP contribution in [0.5, 0.6) is 11.5 Å². The zero-order chi connectivity index (χ0) is 22.9. The molecule has 2 aromatic heterocycles. The molecule has 7 nitrogen and oxygen atoms in total. The third-order valence-electron chi connectivity index (χ3n) is 5.63. The Morgan fingerprint density at radius 3 is 2.91 bits per heavy atom. The minimum atomic E-state index is 0.383. The van der Waals surface area contributed by atoms with Crippen molar-refractivity contribution in [3.63, 3.8) is 0 Å². The lowest BCUT2D eigenvalue weighted by Gasteiger charge is -2.18. The molecule has 1 aliphatic rings. The molecule has 1 atom stereocenters. The van der Waals surface area contributed by atoms with E-state index < -0.39 is 0 Å². The average molecular weight is 482 g/mol. The van der Waals surface area contributed by atoms with Crippen molar-refractivity contribution in [1.29, 1.82) is 0 Å². The van der Waals surface area contributed by atoms with Crippen LogP contribution in [0.1, 0.15) is 28.1 Å². The highest BCUT2D eigenvalue weighted by atomic mass is 35.5. The van der Waals surface area contributed by atoms with E-state index in [2.05, 4.69) is 27.5 Å². The van der Waals surface area contributed by atoms with Gasteiger partial charge in [-0.15, -0.1) is 11.3 Å². The van der Waals surface area contributed by atoms with Crippen molar-refractivity contribution >= 4 is 45.3 Å². The van der Waals surface area contributed by atoms with Crippen molar-refractivity contribution < 1.29 is 9.47 Å². The Bertz CT molecular complexity index is 1330. The quantitative estimate of drug-likeness (QED) is 0.381. The number of fused-ring (bicyclic) bond motifs is 2. The van der Waals surface area contributed by atoms with E-state index in [4.69, 9.17) is 26.1 Å². The average Bonchev–Trinajstić information content (AvgIpc) is 3.21. The number of aryl methyl sites for hydroxylation is 1. The zero-order valence-corrected chi connectivity index (χ0v) is 20.2. The number of nitrogens with zero attached hydrogens (tertiary/aromatic N) is 3. The maximum atomic E-state index is 6.15. The Balaban J connectivity index is 1.40. The van der Waals surface area contributed by atoms with Crippen molar-refractivity contribution in [1.82, 2.24) is 20.3 Å². The SMILES string of the molecule is COc1cc2c(Nc3ccc(Cl)c(C)c3)ncnc2cc1OCc1nc2c(s1)CNC(C)C2. The second kappa shape index (κ2) is 9.13. The van der Waals surface area contributed by atoms with Gasteiger partial charge in [0.05, 0.1) is 18.3 Å². The third kappa shape index (κ3) is 4.59. The maximum Gasteiger partial charge on any atom is 0.163 e. The molecule has 1 aliphatic heterocycles. The molecule has 33 heavy (non-hydrogen) atoms. The fourth-order valence-electron chi connectivity index (χ4n) is 3.86. The van der Waals surface area contributed by atoms with E-state index in [-0.39, 0.29) is 0 Å². The van der Waals surface area contributed by atoms with Crippen molar-refractivity contribution in [3.8, 4) is 11.5 Å². The monoisotopic (exact) mass is 481 g/mol. The molecule has 2 aromatic carbocycles. The number of anilines is 2. The first kappa shape index (κ1) is 21.9. The molecule has 3 heterocycles. The predicted octanol–water partition coefficient (Wildman–Crippen LogP) is 5.41. The van der Waals surface area contributed by atoms with Crippen molar-refractivity contribution in [2.75, 3.05) is 12.4 Å². The molecular formula is C24H24ClN5O2S. The fourth-order valence-corrected chi connectivity index (χ4v) is 4.94. The van der Waals surface area contributed by atoms with E-state index in [0.717, 1.165) is 45.1 Å². The number of hydrogen-bond donors (Lipinski definition) is 2. The number of methoxy groups -OCH3 is 1. The number of benzene rings is 2. The molecule has 0 saturated carbocycles.